The van der Waals surface area contributed by atoms with E-state index in [1.54, 1.807) is 27.7 Å². The van der Waals surface area contributed by atoms with Crippen LogP contribution in [0.1, 0.15) is 147 Å². The molecule has 0 spiro atoms. The largest absolute Gasteiger partial charge is 0.463 e. The number of carbonyl (C=O) groups excluding carboxylic acids is 4. The van der Waals surface area contributed by atoms with Crippen molar-refractivity contribution in [3.8, 4) is 0 Å². The van der Waals surface area contributed by atoms with Crippen LogP contribution in [0, 0.1) is 34.0 Å². The summed E-state index contributed by atoms with van der Waals surface area (Å²) in [7, 11) is 0. The Morgan fingerprint density at radius 2 is 1.20 bits per heavy atom. The van der Waals surface area contributed by atoms with E-state index < -0.39 is 35.2 Å². The molecule has 1 N–H and O–H groups in total. The first-order valence-electron chi connectivity index (χ1n) is 18.5. The average Bonchev–Trinajstić information content (AvgIpc) is 3.04. The summed E-state index contributed by atoms with van der Waals surface area (Å²) in [6, 6.07) is 0. The fourth-order valence-electron chi connectivity index (χ4n) is 6.02. The predicted octanol–water partition coefficient (Wildman–Crippen LogP) is 9.33. The van der Waals surface area contributed by atoms with E-state index in [9.17, 15) is 32.3 Å². The fraction of sp³-hybridized carbons (Fsp3) is 0.868. The molecular formula is C38H65F3N2O8. The van der Waals surface area contributed by atoms with Gasteiger partial charge in [0.05, 0.1) is 28.5 Å². The smallest absolute Gasteiger partial charge is 0.433 e. The van der Waals surface area contributed by atoms with Crippen molar-refractivity contribution in [3.05, 3.63) is 0 Å². The van der Waals surface area contributed by atoms with Gasteiger partial charge < -0.3 is 19.5 Å². The topological polar surface area (TPSA) is 130 Å². The number of hydrogen-bond donors (Lipinski definition) is 1. The van der Waals surface area contributed by atoms with E-state index >= 15 is 0 Å². The first-order valence-corrected chi connectivity index (χ1v) is 18.5. The molecule has 296 valence electrons. The number of rotatable bonds is 13. The maximum Gasteiger partial charge on any atom is 0.433 e. The summed E-state index contributed by atoms with van der Waals surface area (Å²) in [6.07, 6.45) is 3.16. The number of nitrogens with zero attached hydrogens (tertiary/aromatic N) is 1. The van der Waals surface area contributed by atoms with Crippen molar-refractivity contribution in [1.29, 1.82) is 0 Å². The maximum absolute atomic E-state index is 12.4. The van der Waals surface area contributed by atoms with Crippen LogP contribution in [0.5, 0.6) is 0 Å². The lowest BCUT2D eigenvalue weighted by Crippen LogP contribution is -2.53. The van der Waals surface area contributed by atoms with Crippen LogP contribution in [-0.2, 0) is 33.4 Å². The molecule has 0 aromatic heterocycles. The van der Waals surface area contributed by atoms with Gasteiger partial charge in [0.25, 0.3) is 0 Å². The SMILES string of the molecule is CC/C(C)=N/OC(=O)NCCOC(=O)C(C)(C)CC.CCC(C)(C)C(=O)OC(C)C(F)(F)F.CCC(C)(C)C(=O)OC12CC3CC(CC(C3)C1)C2. The van der Waals surface area contributed by atoms with Crippen molar-refractivity contribution in [2.45, 2.75) is 165 Å². The maximum atomic E-state index is 12.4. The summed E-state index contributed by atoms with van der Waals surface area (Å²) in [6.45, 7) is 21.3. The van der Waals surface area contributed by atoms with E-state index in [4.69, 9.17) is 9.47 Å². The monoisotopic (exact) mass is 734 g/mol. The zero-order valence-corrected chi connectivity index (χ0v) is 33.1. The third-order valence-electron chi connectivity index (χ3n) is 10.7. The van der Waals surface area contributed by atoms with Crippen LogP contribution in [0.2, 0.25) is 0 Å². The Morgan fingerprint density at radius 3 is 1.61 bits per heavy atom. The molecule has 1 amide bonds. The second-order valence-electron chi connectivity index (χ2n) is 16.4. The number of amides is 1. The number of hydrogen-bond acceptors (Lipinski definition) is 9. The average molecular weight is 735 g/mol. The number of oxime groups is 1. The highest BCUT2D eigenvalue weighted by Crippen LogP contribution is 2.57. The second-order valence-corrected chi connectivity index (χ2v) is 16.4. The van der Waals surface area contributed by atoms with Crippen molar-refractivity contribution >= 4 is 29.7 Å². The van der Waals surface area contributed by atoms with E-state index in [1.165, 1.54) is 19.3 Å². The Hall–Kier alpha value is -2.86. The molecule has 10 nitrogen and oxygen atoms in total. The molecule has 0 saturated heterocycles. The third kappa shape index (κ3) is 15.0. The van der Waals surface area contributed by atoms with Crippen LogP contribution < -0.4 is 5.32 Å². The van der Waals surface area contributed by atoms with Crippen molar-refractivity contribution in [2.24, 2.45) is 39.2 Å². The minimum absolute atomic E-state index is 0.0342. The van der Waals surface area contributed by atoms with Gasteiger partial charge in [0.2, 0.25) is 0 Å². The molecule has 13 heteroatoms. The molecule has 4 fully saturated rings. The molecule has 4 aliphatic rings. The molecule has 0 aromatic rings. The van der Waals surface area contributed by atoms with Crippen molar-refractivity contribution in [2.75, 3.05) is 13.2 Å². The summed E-state index contributed by atoms with van der Waals surface area (Å²) in [5.41, 5.74) is -1.02. The van der Waals surface area contributed by atoms with Crippen LogP contribution in [0.4, 0.5) is 18.0 Å². The molecule has 1 unspecified atom stereocenters. The van der Waals surface area contributed by atoms with E-state index in [-0.39, 0.29) is 36.1 Å². The molecule has 4 aliphatic carbocycles. The first kappa shape index (κ1) is 46.2. The lowest BCUT2D eigenvalue weighted by atomic mass is 9.54. The summed E-state index contributed by atoms with van der Waals surface area (Å²) in [4.78, 5) is 51.0. The summed E-state index contributed by atoms with van der Waals surface area (Å²) >= 11 is 0. The van der Waals surface area contributed by atoms with Gasteiger partial charge in [-0.1, -0.05) is 32.9 Å². The van der Waals surface area contributed by atoms with Gasteiger partial charge in [-0.25, -0.2) is 4.79 Å². The molecule has 0 aromatic carbocycles. The molecule has 4 rings (SSSR count). The highest BCUT2D eigenvalue weighted by Gasteiger charge is 2.54. The van der Waals surface area contributed by atoms with Crippen molar-refractivity contribution in [1.82, 2.24) is 5.32 Å². The highest BCUT2D eigenvalue weighted by atomic mass is 19.4. The highest BCUT2D eigenvalue weighted by molar-refractivity contribution is 5.82. The standard InChI is InChI=1S/C16H26O2.C13H24N2O4.C9H15F3O2/c1-4-15(2,3)14(17)18-16-8-11-5-12(9-16)7-13(6-11)10-16;1-6-10(3)15-19-12(17)14-8-9-18-11(16)13(4,5)7-2;1-5-8(3,4)7(13)14-6(2)9(10,11)12/h11-13H,4-10H2,1-3H3;6-9H2,1-5H3,(H,14,17);6H,5H2,1-4H3/b;15-10+;. The minimum atomic E-state index is -4.49. The second kappa shape index (κ2) is 19.3. The van der Waals surface area contributed by atoms with Crippen molar-refractivity contribution in [3.63, 3.8) is 0 Å². The number of halogens is 3. The molecule has 0 radical (unpaired) electrons. The Bertz CT molecular complexity index is 1160. The molecular weight excluding hydrogens is 669 g/mol. The van der Waals surface area contributed by atoms with Gasteiger partial charge in [0.1, 0.15) is 12.2 Å². The van der Waals surface area contributed by atoms with Gasteiger partial charge in [0, 0.05) is 0 Å². The summed E-state index contributed by atoms with van der Waals surface area (Å²) < 4.78 is 51.5. The van der Waals surface area contributed by atoms with Crippen LogP contribution in [0.15, 0.2) is 5.16 Å². The fourth-order valence-corrected chi connectivity index (χ4v) is 6.02. The number of ether oxygens (including phenoxy) is 3. The lowest BCUT2D eigenvalue weighted by molar-refractivity contribution is -0.221. The predicted molar refractivity (Wildman–Crippen MR) is 190 cm³/mol. The van der Waals surface area contributed by atoms with Crippen LogP contribution >= 0.6 is 0 Å². The van der Waals surface area contributed by atoms with Crippen LogP contribution in [0.3, 0.4) is 0 Å². The van der Waals surface area contributed by atoms with Gasteiger partial charge in [0.15, 0.2) is 6.10 Å². The normalized spacial score (nSPS) is 23.4. The van der Waals surface area contributed by atoms with Crippen molar-refractivity contribution < 1.29 is 51.4 Å². The summed E-state index contributed by atoms with van der Waals surface area (Å²) in [5, 5.41) is 6.05. The quantitative estimate of drug-likeness (QED) is 0.0495. The number of nitrogens with one attached hydrogen (secondary N) is 1. The Labute approximate surface area is 303 Å². The number of alkyl halides is 3. The third-order valence-corrected chi connectivity index (χ3v) is 10.7. The minimum Gasteiger partial charge on any atom is -0.463 e. The molecule has 4 saturated carbocycles. The Morgan fingerprint density at radius 1 is 0.765 bits per heavy atom. The molecule has 51 heavy (non-hydrogen) atoms. The molecule has 0 aliphatic heterocycles. The Balaban J connectivity index is 0.000000388. The van der Waals surface area contributed by atoms with Gasteiger partial charge in [-0.3, -0.25) is 19.2 Å². The zero-order chi connectivity index (χ0) is 39.4. The van der Waals surface area contributed by atoms with Gasteiger partial charge in [-0.05, 0) is 137 Å². The van der Waals surface area contributed by atoms with E-state index in [2.05, 4.69) is 27.0 Å². The van der Waals surface area contributed by atoms with Crippen LogP contribution in [-0.4, -0.2) is 60.7 Å². The van der Waals surface area contributed by atoms with Gasteiger partial charge in [-0.2, -0.15) is 13.2 Å². The van der Waals surface area contributed by atoms with E-state index in [1.807, 2.05) is 41.5 Å². The van der Waals surface area contributed by atoms with Crippen LogP contribution in [0.25, 0.3) is 0 Å². The number of esters is 3. The van der Waals surface area contributed by atoms with Gasteiger partial charge >= 0.3 is 30.2 Å². The zero-order valence-electron chi connectivity index (χ0n) is 33.1. The molecule has 4 bridgehead atoms. The Kier molecular flexibility index (Phi) is 17.5. The molecule has 0 heterocycles. The lowest BCUT2D eigenvalue weighted by Gasteiger charge is -2.56. The number of carbonyl (C=O) groups is 4. The van der Waals surface area contributed by atoms with E-state index in [0.717, 1.165) is 62.5 Å². The first-order chi connectivity index (χ1) is 23.4. The summed E-state index contributed by atoms with van der Waals surface area (Å²) in [5.74, 6) is 1.47. The molecule has 1 atom stereocenters. The van der Waals surface area contributed by atoms with Gasteiger partial charge in [-0.15, -0.1) is 0 Å². The van der Waals surface area contributed by atoms with E-state index in [0.29, 0.717) is 12.8 Å².